The highest BCUT2D eigenvalue weighted by Crippen LogP contribution is 2.29. The van der Waals surface area contributed by atoms with Crippen LogP contribution < -0.4 is 0 Å². The molecule has 0 radical (unpaired) electrons. The summed E-state index contributed by atoms with van der Waals surface area (Å²) in [6.07, 6.45) is 0.264. The van der Waals surface area contributed by atoms with Crippen LogP contribution in [0.3, 0.4) is 0 Å². The molecule has 0 fully saturated rings. The van der Waals surface area contributed by atoms with Crippen molar-refractivity contribution in [3.63, 3.8) is 0 Å². The van der Waals surface area contributed by atoms with Gasteiger partial charge >= 0.3 is 0 Å². The van der Waals surface area contributed by atoms with Gasteiger partial charge in [-0.05, 0) is 68.3 Å². The number of thiophene rings is 1. The third-order valence-corrected chi connectivity index (χ3v) is 4.71. The number of halogens is 2. The van der Waals surface area contributed by atoms with E-state index in [2.05, 4.69) is 62.8 Å². The molecule has 84 valence electrons. The minimum atomic E-state index is -0.406. The highest BCUT2D eigenvalue weighted by Gasteiger charge is 2.10. The summed E-state index contributed by atoms with van der Waals surface area (Å²) in [7, 11) is 0. The van der Waals surface area contributed by atoms with Crippen molar-refractivity contribution in [2.24, 2.45) is 0 Å². The lowest BCUT2D eigenvalue weighted by Gasteiger charge is -2.08. The van der Waals surface area contributed by atoms with Crippen LogP contribution in [0.15, 0.2) is 40.2 Å². The Morgan fingerprint density at radius 3 is 2.44 bits per heavy atom. The number of rotatable bonds is 3. The second-order valence-corrected chi connectivity index (χ2v) is 7.23. The largest absolute Gasteiger partial charge is 0.387 e. The fourth-order valence-corrected chi connectivity index (χ4v) is 3.22. The molecule has 0 saturated heterocycles. The molecule has 2 rings (SSSR count). The van der Waals surface area contributed by atoms with Gasteiger partial charge in [-0.15, -0.1) is 11.3 Å². The first kappa shape index (κ1) is 12.5. The molecule has 1 N–H and O–H groups in total. The van der Waals surface area contributed by atoms with Gasteiger partial charge in [0.2, 0.25) is 0 Å². The maximum absolute atomic E-state index is 10.0. The SMILES string of the molecule is OC(Cc1ccc(I)cc1)c1ccc(Br)s1. The summed E-state index contributed by atoms with van der Waals surface area (Å²) in [6, 6.07) is 12.2. The minimum Gasteiger partial charge on any atom is -0.387 e. The van der Waals surface area contributed by atoms with Gasteiger partial charge in [-0.25, -0.2) is 0 Å². The molecule has 16 heavy (non-hydrogen) atoms. The van der Waals surface area contributed by atoms with Crippen LogP contribution in [0.4, 0.5) is 0 Å². The molecule has 0 aliphatic heterocycles. The zero-order valence-corrected chi connectivity index (χ0v) is 12.9. The average Bonchev–Trinajstić information content (AvgIpc) is 2.68. The molecule has 0 aliphatic carbocycles. The standard InChI is InChI=1S/C12H10BrIOS/c13-12-6-5-11(16-12)10(15)7-8-1-3-9(14)4-2-8/h1-6,10,15H,7H2. The predicted molar refractivity (Wildman–Crippen MR) is 79.8 cm³/mol. The van der Waals surface area contributed by atoms with E-state index in [1.165, 1.54) is 3.57 Å². The van der Waals surface area contributed by atoms with Crippen LogP contribution in [0, 0.1) is 3.57 Å². The van der Waals surface area contributed by atoms with Gasteiger partial charge in [-0.3, -0.25) is 0 Å². The summed E-state index contributed by atoms with van der Waals surface area (Å²) in [5, 5.41) is 10.0. The van der Waals surface area contributed by atoms with Crippen molar-refractivity contribution in [2.75, 3.05) is 0 Å². The number of aliphatic hydroxyl groups excluding tert-OH is 1. The second-order valence-electron chi connectivity index (χ2n) is 3.49. The Hall–Kier alpha value is 0.0900. The molecule has 0 spiro atoms. The first-order valence-corrected chi connectivity index (χ1v) is 7.52. The van der Waals surface area contributed by atoms with Gasteiger partial charge in [-0.1, -0.05) is 12.1 Å². The van der Waals surface area contributed by atoms with Crippen LogP contribution in [0.5, 0.6) is 0 Å². The van der Waals surface area contributed by atoms with Gasteiger partial charge in [0.25, 0.3) is 0 Å². The van der Waals surface area contributed by atoms with E-state index in [0.717, 1.165) is 14.2 Å². The van der Waals surface area contributed by atoms with E-state index in [0.29, 0.717) is 6.42 Å². The van der Waals surface area contributed by atoms with E-state index in [1.54, 1.807) is 11.3 Å². The number of benzene rings is 1. The molecule has 0 amide bonds. The Morgan fingerprint density at radius 1 is 1.19 bits per heavy atom. The van der Waals surface area contributed by atoms with Gasteiger partial charge in [0, 0.05) is 14.9 Å². The van der Waals surface area contributed by atoms with Crippen LogP contribution in [0.1, 0.15) is 16.5 Å². The molecule has 1 atom stereocenters. The molecular weight excluding hydrogens is 399 g/mol. The highest BCUT2D eigenvalue weighted by molar-refractivity contribution is 14.1. The zero-order valence-electron chi connectivity index (χ0n) is 8.36. The highest BCUT2D eigenvalue weighted by atomic mass is 127. The summed E-state index contributed by atoms with van der Waals surface area (Å²) in [6.45, 7) is 0. The van der Waals surface area contributed by atoms with E-state index in [4.69, 9.17) is 0 Å². The number of hydrogen-bond donors (Lipinski definition) is 1. The quantitative estimate of drug-likeness (QED) is 0.746. The molecule has 4 heteroatoms. The first-order valence-electron chi connectivity index (χ1n) is 4.83. The van der Waals surface area contributed by atoms with Gasteiger partial charge in [0.15, 0.2) is 0 Å². The molecule has 0 bridgehead atoms. The molecule has 1 aromatic carbocycles. The van der Waals surface area contributed by atoms with Crippen molar-refractivity contribution in [3.05, 3.63) is 54.2 Å². The Balaban J connectivity index is 2.07. The Labute approximate surface area is 121 Å². The molecule has 0 saturated carbocycles. The number of hydrogen-bond acceptors (Lipinski definition) is 2. The molecule has 1 nitrogen and oxygen atoms in total. The molecule has 1 unspecified atom stereocenters. The Bertz CT molecular complexity index is 466. The average molecular weight is 409 g/mol. The zero-order chi connectivity index (χ0) is 11.5. The number of aliphatic hydroxyl groups is 1. The molecule has 1 heterocycles. The third-order valence-electron chi connectivity index (χ3n) is 2.26. The maximum Gasteiger partial charge on any atom is 0.0922 e. The minimum absolute atomic E-state index is 0.406. The maximum atomic E-state index is 10.0. The summed E-state index contributed by atoms with van der Waals surface area (Å²) in [4.78, 5) is 1.01. The van der Waals surface area contributed by atoms with Crippen molar-refractivity contribution < 1.29 is 5.11 Å². The van der Waals surface area contributed by atoms with E-state index in [9.17, 15) is 5.11 Å². The second kappa shape index (κ2) is 5.62. The predicted octanol–water partition coefficient (Wildman–Crippen LogP) is 4.39. The first-order chi connectivity index (χ1) is 7.65. The summed E-state index contributed by atoms with van der Waals surface area (Å²) < 4.78 is 2.28. The van der Waals surface area contributed by atoms with Crippen molar-refractivity contribution in [1.82, 2.24) is 0 Å². The van der Waals surface area contributed by atoms with Gasteiger partial charge in [0.05, 0.1) is 9.89 Å². The van der Waals surface area contributed by atoms with Crippen LogP contribution in [0.2, 0.25) is 0 Å². The van der Waals surface area contributed by atoms with E-state index >= 15 is 0 Å². The smallest absolute Gasteiger partial charge is 0.0922 e. The van der Waals surface area contributed by atoms with Crippen molar-refractivity contribution in [3.8, 4) is 0 Å². The lowest BCUT2D eigenvalue weighted by molar-refractivity contribution is 0.182. The van der Waals surface area contributed by atoms with Crippen molar-refractivity contribution in [1.29, 1.82) is 0 Å². The Morgan fingerprint density at radius 2 is 1.88 bits per heavy atom. The van der Waals surface area contributed by atoms with Gasteiger partial charge < -0.3 is 5.11 Å². The molecule has 1 aromatic heterocycles. The molecule has 0 aliphatic rings. The molecular formula is C12H10BrIOS. The Kier molecular flexibility index (Phi) is 4.41. The fourth-order valence-electron chi connectivity index (χ4n) is 1.45. The van der Waals surface area contributed by atoms with E-state index in [1.807, 2.05) is 12.1 Å². The van der Waals surface area contributed by atoms with Crippen molar-refractivity contribution in [2.45, 2.75) is 12.5 Å². The van der Waals surface area contributed by atoms with Crippen LogP contribution >= 0.6 is 49.9 Å². The van der Waals surface area contributed by atoms with E-state index in [-0.39, 0.29) is 0 Å². The fraction of sp³-hybridized carbons (Fsp3) is 0.167. The monoisotopic (exact) mass is 408 g/mol. The topological polar surface area (TPSA) is 20.2 Å². The lowest BCUT2D eigenvalue weighted by atomic mass is 10.1. The normalized spacial score (nSPS) is 12.7. The van der Waals surface area contributed by atoms with Crippen LogP contribution in [0.25, 0.3) is 0 Å². The van der Waals surface area contributed by atoms with Gasteiger partial charge in [0.1, 0.15) is 0 Å². The summed E-state index contributed by atoms with van der Waals surface area (Å²) in [5.74, 6) is 0. The molecule has 2 aromatic rings. The van der Waals surface area contributed by atoms with Crippen LogP contribution in [-0.2, 0) is 6.42 Å². The summed E-state index contributed by atoms with van der Waals surface area (Å²) in [5.41, 5.74) is 1.16. The van der Waals surface area contributed by atoms with Crippen molar-refractivity contribution >= 4 is 49.9 Å². The van der Waals surface area contributed by atoms with Gasteiger partial charge in [-0.2, -0.15) is 0 Å². The lowest BCUT2D eigenvalue weighted by Crippen LogP contribution is -1.99. The third kappa shape index (κ3) is 3.29. The van der Waals surface area contributed by atoms with E-state index < -0.39 is 6.10 Å². The van der Waals surface area contributed by atoms with Crippen LogP contribution in [-0.4, -0.2) is 5.11 Å². The summed E-state index contributed by atoms with van der Waals surface area (Å²) >= 11 is 7.26.